The normalized spacial score (nSPS) is 18.5. The van der Waals surface area contributed by atoms with Crippen molar-refractivity contribution in [2.45, 2.75) is 11.7 Å². The van der Waals surface area contributed by atoms with Gasteiger partial charge < -0.3 is 10.2 Å². The van der Waals surface area contributed by atoms with Gasteiger partial charge in [0.25, 0.3) is 5.25 Å². The van der Waals surface area contributed by atoms with Crippen LogP contribution in [0.15, 0.2) is 36.0 Å². The summed E-state index contributed by atoms with van der Waals surface area (Å²) >= 11 is 5.25. The average molecular weight is 173 g/mol. The lowest BCUT2D eigenvalue weighted by Gasteiger charge is -2.20. The molecule has 1 aliphatic rings. The Bertz CT molecular complexity index is 233. The summed E-state index contributed by atoms with van der Waals surface area (Å²) in [6.07, 6.45) is 5.74. The highest BCUT2D eigenvalue weighted by atomic mass is 35.5. The summed E-state index contributed by atoms with van der Waals surface area (Å²) in [7, 11) is 0. The van der Waals surface area contributed by atoms with Gasteiger partial charge in [-0.05, 0) is 12.0 Å². The third-order valence-corrected chi connectivity index (χ3v) is 1.69. The lowest BCUT2D eigenvalue weighted by molar-refractivity contribution is -0.0495. The molecule has 0 heterocycles. The zero-order valence-electron chi connectivity index (χ0n) is 5.92. The van der Waals surface area contributed by atoms with Crippen LogP contribution in [-0.4, -0.2) is 15.5 Å². The molecule has 0 saturated heterocycles. The van der Waals surface area contributed by atoms with Crippen molar-refractivity contribution in [3.05, 3.63) is 36.0 Å². The van der Waals surface area contributed by atoms with Gasteiger partial charge in [0, 0.05) is 5.57 Å². The van der Waals surface area contributed by atoms with Gasteiger partial charge in [0.05, 0.1) is 0 Å². The maximum Gasteiger partial charge on any atom is 0.271 e. The van der Waals surface area contributed by atoms with Crippen molar-refractivity contribution in [2.75, 3.05) is 0 Å². The number of halogens is 1. The maximum absolute atomic E-state index is 8.97. The molecule has 0 aromatic heterocycles. The molecule has 0 fully saturated rings. The summed E-state index contributed by atoms with van der Waals surface area (Å²) < 4.78 is 0. The van der Waals surface area contributed by atoms with Gasteiger partial charge in [-0.2, -0.15) is 0 Å². The molecule has 0 radical (unpaired) electrons. The molecule has 3 heteroatoms. The lowest BCUT2D eigenvalue weighted by atomic mass is 9.99. The highest BCUT2D eigenvalue weighted by Gasteiger charge is 2.27. The summed E-state index contributed by atoms with van der Waals surface area (Å²) in [6, 6.07) is 0. The second-order valence-corrected chi connectivity index (χ2v) is 2.93. The van der Waals surface area contributed by atoms with Crippen LogP contribution >= 0.6 is 11.6 Å². The monoisotopic (exact) mass is 172 g/mol. The number of rotatable bonds is 1. The minimum absolute atomic E-state index is 0.265. The number of hydrogen-bond donors (Lipinski definition) is 2. The fourth-order valence-corrected chi connectivity index (χ4v) is 1.13. The highest BCUT2D eigenvalue weighted by molar-refractivity contribution is 6.23. The van der Waals surface area contributed by atoms with E-state index in [9.17, 15) is 0 Å². The molecule has 0 atom stereocenters. The summed E-state index contributed by atoms with van der Waals surface area (Å²) in [6.45, 7) is 3.64. The van der Waals surface area contributed by atoms with Crippen molar-refractivity contribution in [2.24, 2.45) is 0 Å². The van der Waals surface area contributed by atoms with Gasteiger partial charge in [-0.25, -0.2) is 0 Å². The summed E-state index contributed by atoms with van der Waals surface area (Å²) in [5.41, 5.74) is 0.897. The maximum atomic E-state index is 8.97. The Morgan fingerprint density at radius 2 is 2.18 bits per heavy atom. The quantitative estimate of drug-likeness (QED) is 0.463. The Kier molecular flexibility index (Phi) is 2.18. The van der Waals surface area contributed by atoms with E-state index in [0.717, 1.165) is 0 Å². The van der Waals surface area contributed by atoms with E-state index in [-0.39, 0.29) is 5.57 Å². The van der Waals surface area contributed by atoms with Gasteiger partial charge in [0.15, 0.2) is 0 Å². The first-order valence-corrected chi connectivity index (χ1v) is 3.58. The van der Waals surface area contributed by atoms with Crippen LogP contribution in [0.2, 0.25) is 0 Å². The predicted octanol–water partition coefficient (Wildman–Crippen LogP) is 1.31. The smallest absolute Gasteiger partial charge is 0.271 e. The van der Waals surface area contributed by atoms with Crippen LogP contribution in [0.3, 0.4) is 0 Å². The van der Waals surface area contributed by atoms with E-state index in [0.29, 0.717) is 12.0 Å². The zero-order valence-corrected chi connectivity index (χ0v) is 6.67. The van der Waals surface area contributed by atoms with E-state index in [1.54, 1.807) is 12.2 Å². The molecule has 0 aliphatic heterocycles. The fourth-order valence-electron chi connectivity index (χ4n) is 0.933. The van der Waals surface area contributed by atoms with Crippen molar-refractivity contribution < 1.29 is 10.2 Å². The van der Waals surface area contributed by atoms with Crippen LogP contribution in [0.25, 0.3) is 0 Å². The second-order valence-electron chi connectivity index (χ2n) is 2.40. The number of alkyl halides is 1. The van der Waals surface area contributed by atoms with E-state index in [1.165, 1.54) is 0 Å². The Morgan fingerprint density at radius 3 is 2.55 bits per heavy atom. The molecule has 0 saturated carbocycles. The largest absolute Gasteiger partial charge is 0.350 e. The molecule has 0 amide bonds. The summed E-state index contributed by atoms with van der Waals surface area (Å²) in [5.74, 6) is 0. The minimum atomic E-state index is -2.28. The third-order valence-electron chi connectivity index (χ3n) is 1.49. The number of aliphatic hydroxyl groups is 2. The highest BCUT2D eigenvalue weighted by Crippen LogP contribution is 2.28. The van der Waals surface area contributed by atoms with E-state index >= 15 is 0 Å². The number of hydrogen-bond acceptors (Lipinski definition) is 2. The zero-order chi connectivity index (χ0) is 8.48. The summed E-state index contributed by atoms with van der Waals surface area (Å²) in [4.78, 5) is 0. The molecule has 0 aromatic carbocycles. The van der Waals surface area contributed by atoms with Gasteiger partial charge in [-0.3, -0.25) is 0 Å². The van der Waals surface area contributed by atoms with Crippen LogP contribution in [0.4, 0.5) is 0 Å². The number of allylic oxidation sites excluding steroid dienone is 3. The molecule has 1 aliphatic carbocycles. The fraction of sp³-hybridized carbons (Fsp3) is 0.250. The third kappa shape index (κ3) is 1.93. The van der Waals surface area contributed by atoms with Crippen LogP contribution in [0.1, 0.15) is 6.42 Å². The molecule has 0 bridgehead atoms. The minimum Gasteiger partial charge on any atom is -0.350 e. The van der Waals surface area contributed by atoms with Crippen molar-refractivity contribution >= 4 is 11.6 Å². The van der Waals surface area contributed by atoms with Crippen molar-refractivity contribution in [1.29, 1.82) is 0 Å². The first-order chi connectivity index (χ1) is 5.02. The molecule has 60 valence electrons. The van der Waals surface area contributed by atoms with E-state index in [2.05, 4.69) is 6.58 Å². The SMILES string of the molecule is C=C1CC=CC=C1C(O)(O)Cl. The van der Waals surface area contributed by atoms with Crippen LogP contribution < -0.4 is 0 Å². The topological polar surface area (TPSA) is 40.5 Å². The predicted molar refractivity (Wildman–Crippen MR) is 44.0 cm³/mol. The Morgan fingerprint density at radius 1 is 1.55 bits per heavy atom. The first kappa shape index (κ1) is 8.53. The van der Waals surface area contributed by atoms with Gasteiger partial charge >= 0.3 is 0 Å². The van der Waals surface area contributed by atoms with E-state index < -0.39 is 5.25 Å². The van der Waals surface area contributed by atoms with Gasteiger partial charge in [0.1, 0.15) is 0 Å². The molecule has 11 heavy (non-hydrogen) atoms. The van der Waals surface area contributed by atoms with E-state index in [4.69, 9.17) is 21.8 Å². The Hall–Kier alpha value is -0.570. The van der Waals surface area contributed by atoms with Crippen LogP contribution in [-0.2, 0) is 0 Å². The molecular weight excluding hydrogens is 164 g/mol. The second kappa shape index (κ2) is 2.81. The van der Waals surface area contributed by atoms with Gasteiger partial charge in [0.2, 0.25) is 0 Å². The van der Waals surface area contributed by atoms with Gasteiger partial charge in [-0.15, -0.1) is 0 Å². The molecule has 0 aromatic rings. The van der Waals surface area contributed by atoms with E-state index in [1.807, 2.05) is 6.08 Å². The van der Waals surface area contributed by atoms with Crippen molar-refractivity contribution in [3.8, 4) is 0 Å². The molecule has 2 N–H and O–H groups in total. The Balaban J connectivity index is 2.93. The molecular formula is C8H9ClO2. The van der Waals surface area contributed by atoms with Crippen LogP contribution in [0, 0.1) is 0 Å². The van der Waals surface area contributed by atoms with Gasteiger partial charge in [-0.1, -0.05) is 36.4 Å². The standard InChI is InChI=1S/C8H9ClO2/c1-6-4-2-3-5-7(6)8(9,10)11/h2-3,5,10-11H,1,4H2. The molecule has 0 unspecified atom stereocenters. The first-order valence-electron chi connectivity index (χ1n) is 3.21. The Labute approximate surface area is 70.1 Å². The molecule has 2 nitrogen and oxygen atoms in total. The van der Waals surface area contributed by atoms with Crippen molar-refractivity contribution in [3.63, 3.8) is 0 Å². The average Bonchev–Trinajstić information content (AvgIpc) is 1.86. The lowest BCUT2D eigenvalue weighted by Crippen LogP contribution is -2.24. The molecule has 0 spiro atoms. The van der Waals surface area contributed by atoms with Crippen LogP contribution in [0.5, 0.6) is 0 Å². The summed E-state index contributed by atoms with van der Waals surface area (Å²) in [5, 5.41) is 15.7. The molecule has 1 rings (SSSR count). The van der Waals surface area contributed by atoms with Crippen molar-refractivity contribution in [1.82, 2.24) is 0 Å².